The molecule has 27 heavy (non-hydrogen) atoms. The molecule has 0 aliphatic carbocycles. The molecular formula is C20H23ClN2O3S. The molecule has 2 aromatic rings. The van der Waals surface area contributed by atoms with E-state index < -0.39 is 10.0 Å². The standard InChI is InChI=1S/C20H23ClN2O3S/c1-14-13-20(15(2)12-19(14)21)27(25,26)23-10-8-22(9-11-23)18-6-4-17(5-7-18)16(3)24/h4-7,12-13H,8-11H2,1-3H3. The number of anilines is 1. The monoisotopic (exact) mass is 406 g/mol. The van der Waals surface area contributed by atoms with Gasteiger partial charge in [0.05, 0.1) is 4.90 Å². The number of carbonyl (C=O) groups is 1. The first-order valence-corrected chi connectivity index (χ1v) is 10.6. The maximum Gasteiger partial charge on any atom is 0.243 e. The molecule has 0 amide bonds. The van der Waals surface area contributed by atoms with Crippen LogP contribution in [0.15, 0.2) is 41.3 Å². The second-order valence-electron chi connectivity index (χ2n) is 6.86. The summed E-state index contributed by atoms with van der Waals surface area (Å²) in [5, 5.41) is 0.574. The van der Waals surface area contributed by atoms with Crippen LogP contribution in [0.25, 0.3) is 0 Å². The van der Waals surface area contributed by atoms with Crippen LogP contribution >= 0.6 is 11.6 Å². The fourth-order valence-electron chi connectivity index (χ4n) is 3.27. The number of halogens is 1. The summed E-state index contributed by atoms with van der Waals surface area (Å²) >= 11 is 6.10. The third-order valence-electron chi connectivity index (χ3n) is 4.95. The first-order chi connectivity index (χ1) is 12.7. The number of benzene rings is 2. The van der Waals surface area contributed by atoms with Crippen LogP contribution in [-0.2, 0) is 10.0 Å². The zero-order valence-corrected chi connectivity index (χ0v) is 17.3. The van der Waals surface area contributed by atoms with Crippen LogP contribution < -0.4 is 4.90 Å². The molecule has 0 atom stereocenters. The fraction of sp³-hybridized carbons (Fsp3) is 0.350. The first-order valence-electron chi connectivity index (χ1n) is 8.83. The number of rotatable bonds is 4. The lowest BCUT2D eigenvalue weighted by Crippen LogP contribution is -2.48. The van der Waals surface area contributed by atoms with Crippen molar-refractivity contribution in [3.63, 3.8) is 0 Å². The van der Waals surface area contributed by atoms with Crippen molar-refractivity contribution in [1.82, 2.24) is 4.31 Å². The Balaban J connectivity index is 1.75. The number of hydrogen-bond donors (Lipinski definition) is 0. The minimum Gasteiger partial charge on any atom is -0.369 e. The fourth-order valence-corrected chi connectivity index (χ4v) is 5.20. The molecule has 1 saturated heterocycles. The number of aryl methyl sites for hydroxylation is 2. The van der Waals surface area contributed by atoms with Gasteiger partial charge in [0.2, 0.25) is 10.0 Å². The van der Waals surface area contributed by atoms with E-state index in [1.54, 1.807) is 38.1 Å². The highest BCUT2D eigenvalue weighted by molar-refractivity contribution is 7.89. The Kier molecular flexibility index (Phi) is 5.60. The van der Waals surface area contributed by atoms with Gasteiger partial charge in [-0.2, -0.15) is 4.31 Å². The van der Waals surface area contributed by atoms with Crippen LogP contribution in [0.4, 0.5) is 5.69 Å². The third-order valence-corrected chi connectivity index (χ3v) is 7.40. The van der Waals surface area contributed by atoms with Crippen LogP contribution in [0.5, 0.6) is 0 Å². The highest BCUT2D eigenvalue weighted by Gasteiger charge is 2.30. The van der Waals surface area contributed by atoms with Gasteiger partial charge in [0, 0.05) is 42.5 Å². The maximum absolute atomic E-state index is 13.1. The van der Waals surface area contributed by atoms with Gasteiger partial charge in [0.15, 0.2) is 5.78 Å². The van der Waals surface area contributed by atoms with Crippen LogP contribution in [0.3, 0.4) is 0 Å². The molecule has 0 bridgehead atoms. The summed E-state index contributed by atoms with van der Waals surface area (Å²) in [6.07, 6.45) is 0. The van der Waals surface area contributed by atoms with E-state index in [-0.39, 0.29) is 5.78 Å². The van der Waals surface area contributed by atoms with E-state index in [0.29, 0.717) is 47.2 Å². The molecule has 7 heteroatoms. The highest BCUT2D eigenvalue weighted by atomic mass is 35.5. The molecule has 1 aliphatic rings. The predicted molar refractivity (Wildman–Crippen MR) is 108 cm³/mol. The van der Waals surface area contributed by atoms with Crippen LogP contribution in [0.1, 0.15) is 28.4 Å². The van der Waals surface area contributed by atoms with Gasteiger partial charge >= 0.3 is 0 Å². The van der Waals surface area contributed by atoms with Gasteiger partial charge in [0.1, 0.15) is 0 Å². The molecule has 2 aromatic carbocycles. The largest absolute Gasteiger partial charge is 0.369 e. The SMILES string of the molecule is CC(=O)c1ccc(N2CCN(S(=O)(=O)c3cc(C)c(Cl)cc3C)CC2)cc1. The van der Waals surface area contributed by atoms with E-state index in [4.69, 9.17) is 11.6 Å². The Morgan fingerprint density at radius 3 is 2.11 bits per heavy atom. The summed E-state index contributed by atoms with van der Waals surface area (Å²) in [5.74, 6) is 0.0334. The van der Waals surface area contributed by atoms with E-state index in [1.807, 2.05) is 19.1 Å². The molecule has 144 valence electrons. The average Bonchev–Trinajstić information content (AvgIpc) is 2.64. The molecular weight excluding hydrogens is 384 g/mol. The molecule has 0 spiro atoms. The molecule has 1 aliphatic heterocycles. The summed E-state index contributed by atoms with van der Waals surface area (Å²) in [6.45, 7) is 7.15. The van der Waals surface area contributed by atoms with Crippen molar-refractivity contribution in [2.24, 2.45) is 0 Å². The smallest absolute Gasteiger partial charge is 0.243 e. The minimum atomic E-state index is -3.55. The lowest BCUT2D eigenvalue weighted by atomic mass is 10.1. The number of Topliss-reactive ketones (excluding diaryl/α,β-unsaturated/α-hetero) is 1. The minimum absolute atomic E-state index is 0.0334. The Bertz CT molecular complexity index is 963. The van der Waals surface area contributed by atoms with E-state index in [0.717, 1.165) is 11.3 Å². The number of carbonyl (C=O) groups excluding carboxylic acids is 1. The molecule has 3 rings (SSSR count). The van der Waals surface area contributed by atoms with E-state index >= 15 is 0 Å². The van der Waals surface area contributed by atoms with Crippen molar-refractivity contribution in [2.75, 3.05) is 31.1 Å². The Morgan fingerprint density at radius 1 is 0.963 bits per heavy atom. The number of piperazine rings is 1. The third kappa shape index (κ3) is 4.03. The maximum atomic E-state index is 13.1. The van der Waals surface area contributed by atoms with Gasteiger partial charge < -0.3 is 4.90 Å². The molecule has 1 fully saturated rings. The topological polar surface area (TPSA) is 57.7 Å². The zero-order valence-electron chi connectivity index (χ0n) is 15.7. The van der Waals surface area contributed by atoms with Gasteiger partial charge in [0.25, 0.3) is 0 Å². The summed E-state index contributed by atoms with van der Waals surface area (Å²) in [4.78, 5) is 13.9. The van der Waals surface area contributed by atoms with Gasteiger partial charge in [-0.15, -0.1) is 0 Å². The van der Waals surface area contributed by atoms with Gasteiger partial charge in [-0.3, -0.25) is 4.79 Å². The van der Waals surface area contributed by atoms with Crippen LogP contribution in [-0.4, -0.2) is 44.7 Å². The predicted octanol–water partition coefficient (Wildman–Crippen LogP) is 3.67. The summed E-state index contributed by atoms with van der Waals surface area (Å²) in [6, 6.07) is 10.8. The number of nitrogens with zero attached hydrogens (tertiary/aromatic N) is 2. The van der Waals surface area contributed by atoms with Crippen molar-refractivity contribution in [2.45, 2.75) is 25.7 Å². The van der Waals surface area contributed by atoms with Crippen LogP contribution in [0.2, 0.25) is 5.02 Å². The van der Waals surface area contributed by atoms with Crippen LogP contribution in [0, 0.1) is 13.8 Å². The second kappa shape index (κ2) is 7.62. The molecule has 0 unspecified atom stereocenters. The Labute approximate surface area is 165 Å². The van der Waals surface area contributed by atoms with Crippen molar-refractivity contribution in [1.29, 1.82) is 0 Å². The molecule has 0 saturated carbocycles. The van der Waals surface area contributed by atoms with E-state index in [9.17, 15) is 13.2 Å². The van der Waals surface area contributed by atoms with Crippen molar-refractivity contribution in [3.05, 3.63) is 58.1 Å². The van der Waals surface area contributed by atoms with Gasteiger partial charge in [-0.1, -0.05) is 11.6 Å². The van der Waals surface area contributed by atoms with Crippen molar-refractivity contribution >= 4 is 33.1 Å². The second-order valence-corrected chi connectivity index (χ2v) is 9.17. The molecule has 5 nitrogen and oxygen atoms in total. The molecule has 1 heterocycles. The van der Waals surface area contributed by atoms with Crippen molar-refractivity contribution < 1.29 is 13.2 Å². The average molecular weight is 407 g/mol. The molecule has 0 radical (unpaired) electrons. The highest BCUT2D eigenvalue weighted by Crippen LogP contribution is 2.27. The summed E-state index contributed by atoms with van der Waals surface area (Å²) in [7, 11) is -3.55. The Hall–Kier alpha value is -1.89. The first kappa shape index (κ1) is 19.9. The summed E-state index contributed by atoms with van der Waals surface area (Å²) in [5.41, 5.74) is 3.09. The number of ketones is 1. The van der Waals surface area contributed by atoms with Crippen molar-refractivity contribution in [3.8, 4) is 0 Å². The molecule has 0 aromatic heterocycles. The van der Waals surface area contributed by atoms with E-state index in [2.05, 4.69) is 4.90 Å². The number of hydrogen-bond acceptors (Lipinski definition) is 4. The summed E-state index contributed by atoms with van der Waals surface area (Å²) < 4.78 is 27.7. The quantitative estimate of drug-likeness (QED) is 0.727. The zero-order chi connectivity index (χ0) is 19.8. The molecule has 0 N–H and O–H groups in total. The normalized spacial score (nSPS) is 15.8. The van der Waals surface area contributed by atoms with Gasteiger partial charge in [-0.25, -0.2) is 8.42 Å². The lowest BCUT2D eigenvalue weighted by Gasteiger charge is -2.35. The number of sulfonamides is 1. The lowest BCUT2D eigenvalue weighted by molar-refractivity contribution is 0.101. The van der Waals surface area contributed by atoms with Gasteiger partial charge in [-0.05, 0) is 68.3 Å². The Morgan fingerprint density at radius 2 is 1.56 bits per heavy atom. The van der Waals surface area contributed by atoms with E-state index in [1.165, 1.54) is 4.31 Å².